The highest BCUT2D eigenvalue weighted by Crippen LogP contribution is 2.30. The van der Waals surface area contributed by atoms with Gasteiger partial charge in [-0.1, -0.05) is 30.3 Å². The summed E-state index contributed by atoms with van der Waals surface area (Å²) in [6.45, 7) is 3.76. The second-order valence-electron chi connectivity index (χ2n) is 6.11. The van der Waals surface area contributed by atoms with Crippen molar-refractivity contribution < 1.29 is 9.53 Å². The number of esters is 1. The Morgan fingerprint density at radius 2 is 2.00 bits per heavy atom. The number of hydrogen-bond acceptors (Lipinski definition) is 6. The van der Waals surface area contributed by atoms with E-state index in [2.05, 4.69) is 9.97 Å². The molecule has 3 heterocycles. The highest BCUT2D eigenvalue weighted by molar-refractivity contribution is 7.17. The molecule has 0 fully saturated rings. The first kappa shape index (κ1) is 17.6. The van der Waals surface area contributed by atoms with E-state index in [1.54, 1.807) is 11.3 Å². The molecule has 1 N–H and O–H groups in total. The van der Waals surface area contributed by atoms with Crippen LogP contribution in [0.5, 0.6) is 0 Å². The largest absolute Gasteiger partial charge is 0.454 e. The van der Waals surface area contributed by atoms with Gasteiger partial charge in [0.2, 0.25) is 0 Å². The second kappa shape index (κ2) is 7.09. The van der Waals surface area contributed by atoms with Gasteiger partial charge in [0, 0.05) is 20.7 Å². The van der Waals surface area contributed by atoms with Gasteiger partial charge in [-0.2, -0.15) is 0 Å². The highest BCUT2D eigenvalue weighted by atomic mass is 32.1. The van der Waals surface area contributed by atoms with Gasteiger partial charge in [-0.05, 0) is 25.5 Å². The Labute approximate surface area is 163 Å². The summed E-state index contributed by atoms with van der Waals surface area (Å²) in [4.78, 5) is 34.7. The number of nitrogens with zero attached hydrogens (tertiary/aromatic N) is 1. The molecule has 0 bridgehead atoms. The maximum atomic E-state index is 12.6. The Morgan fingerprint density at radius 3 is 2.70 bits per heavy atom. The Balaban J connectivity index is 1.60. The van der Waals surface area contributed by atoms with Gasteiger partial charge in [0.25, 0.3) is 5.56 Å². The minimum atomic E-state index is -0.407. The molecule has 7 heteroatoms. The number of hydrogen-bond donors (Lipinski definition) is 1. The third kappa shape index (κ3) is 3.43. The number of rotatable bonds is 4. The van der Waals surface area contributed by atoms with Crippen molar-refractivity contribution in [2.75, 3.05) is 0 Å². The van der Waals surface area contributed by atoms with E-state index in [0.29, 0.717) is 21.6 Å². The maximum absolute atomic E-state index is 12.6. The van der Waals surface area contributed by atoms with Crippen LogP contribution in [-0.2, 0) is 11.3 Å². The van der Waals surface area contributed by atoms with Gasteiger partial charge in [-0.25, -0.2) is 9.78 Å². The van der Waals surface area contributed by atoms with Crippen LogP contribution in [0.15, 0.2) is 46.6 Å². The zero-order chi connectivity index (χ0) is 19.0. The first-order valence-corrected chi connectivity index (χ1v) is 10.0. The van der Waals surface area contributed by atoms with Gasteiger partial charge in [0.1, 0.15) is 17.3 Å². The molecule has 3 aromatic heterocycles. The lowest BCUT2D eigenvalue weighted by Crippen LogP contribution is -2.14. The molecule has 4 rings (SSSR count). The molecule has 0 unspecified atom stereocenters. The normalized spacial score (nSPS) is 11.0. The van der Waals surface area contributed by atoms with E-state index >= 15 is 0 Å². The summed E-state index contributed by atoms with van der Waals surface area (Å²) in [6, 6.07) is 11.5. The van der Waals surface area contributed by atoms with Crippen LogP contribution in [0.25, 0.3) is 21.3 Å². The third-order valence-corrected chi connectivity index (χ3v) is 6.02. The number of H-pyrrole nitrogens is 1. The zero-order valence-electron chi connectivity index (χ0n) is 14.7. The second-order valence-corrected chi connectivity index (χ2v) is 8.43. The van der Waals surface area contributed by atoms with Crippen LogP contribution in [0.2, 0.25) is 0 Å². The molecule has 0 atom stereocenters. The summed E-state index contributed by atoms with van der Waals surface area (Å²) in [7, 11) is 0. The predicted octanol–water partition coefficient (Wildman–Crippen LogP) is 4.69. The molecule has 0 saturated heterocycles. The van der Waals surface area contributed by atoms with Crippen molar-refractivity contribution in [2.45, 2.75) is 20.5 Å². The minimum absolute atomic E-state index is 0.0725. The molecule has 5 nitrogen and oxygen atoms in total. The van der Waals surface area contributed by atoms with Crippen molar-refractivity contribution >= 4 is 38.9 Å². The fourth-order valence-corrected chi connectivity index (χ4v) is 4.82. The van der Waals surface area contributed by atoms with E-state index in [1.807, 2.05) is 55.6 Å². The van der Waals surface area contributed by atoms with Crippen molar-refractivity contribution in [3.63, 3.8) is 0 Å². The highest BCUT2D eigenvalue weighted by Gasteiger charge is 2.16. The average Bonchev–Trinajstić information content (AvgIpc) is 3.23. The Morgan fingerprint density at radius 1 is 1.22 bits per heavy atom. The van der Waals surface area contributed by atoms with Crippen LogP contribution < -0.4 is 5.56 Å². The standard InChI is InChI=1S/C20H16N2O3S2/c1-11-8-14(12(2)27-11)20(24)25-9-16-21-18(23)17-15(10-26-19(17)22-16)13-6-4-3-5-7-13/h3-8,10H,9H2,1-2H3,(H,21,22,23). The SMILES string of the molecule is Cc1cc(C(=O)OCc2nc3scc(-c4ccccc4)c3c(=O)[nH]2)c(C)s1. The monoisotopic (exact) mass is 396 g/mol. The van der Waals surface area contributed by atoms with E-state index in [1.165, 1.54) is 11.3 Å². The Hall–Kier alpha value is -2.77. The van der Waals surface area contributed by atoms with Gasteiger partial charge in [-0.15, -0.1) is 22.7 Å². The first-order valence-electron chi connectivity index (χ1n) is 8.33. The number of carbonyl (C=O) groups is 1. The first-order chi connectivity index (χ1) is 13.0. The van der Waals surface area contributed by atoms with Crippen molar-refractivity contribution in [3.8, 4) is 11.1 Å². The number of thiophene rings is 2. The van der Waals surface area contributed by atoms with Crippen LogP contribution in [0.1, 0.15) is 25.9 Å². The number of aryl methyl sites for hydroxylation is 2. The minimum Gasteiger partial charge on any atom is -0.454 e. The van der Waals surface area contributed by atoms with Gasteiger partial charge in [-0.3, -0.25) is 4.79 Å². The van der Waals surface area contributed by atoms with Gasteiger partial charge < -0.3 is 9.72 Å². The predicted molar refractivity (Wildman–Crippen MR) is 109 cm³/mol. The summed E-state index contributed by atoms with van der Waals surface area (Å²) in [5.74, 6) is -0.0670. The molecule has 0 spiro atoms. The summed E-state index contributed by atoms with van der Waals surface area (Å²) in [5, 5.41) is 2.49. The molecule has 4 aromatic rings. The van der Waals surface area contributed by atoms with Crippen molar-refractivity contribution in [1.29, 1.82) is 0 Å². The number of benzene rings is 1. The molecule has 0 radical (unpaired) electrons. The van der Waals surface area contributed by atoms with E-state index < -0.39 is 5.97 Å². The Bertz CT molecular complexity index is 1190. The molecule has 1 aromatic carbocycles. The zero-order valence-corrected chi connectivity index (χ0v) is 16.4. The van der Waals surface area contributed by atoms with E-state index in [9.17, 15) is 9.59 Å². The molecule has 27 heavy (non-hydrogen) atoms. The average molecular weight is 396 g/mol. The third-order valence-electron chi connectivity index (χ3n) is 4.18. The van der Waals surface area contributed by atoms with Crippen LogP contribution in [0.3, 0.4) is 0 Å². The Kier molecular flexibility index (Phi) is 4.63. The van der Waals surface area contributed by atoms with Gasteiger partial charge >= 0.3 is 5.97 Å². The fourth-order valence-electron chi connectivity index (χ4n) is 2.94. The number of ether oxygens (including phenoxy) is 1. The number of aromatic amines is 1. The van der Waals surface area contributed by atoms with Crippen molar-refractivity contribution in [1.82, 2.24) is 9.97 Å². The van der Waals surface area contributed by atoms with Crippen LogP contribution >= 0.6 is 22.7 Å². The topological polar surface area (TPSA) is 72.0 Å². The lowest BCUT2D eigenvalue weighted by molar-refractivity contribution is 0.0462. The molecule has 136 valence electrons. The van der Waals surface area contributed by atoms with Gasteiger partial charge in [0.05, 0.1) is 10.9 Å². The van der Waals surface area contributed by atoms with Crippen molar-refractivity contribution in [2.24, 2.45) is 0 Å². The maximum Gasteiger partial charge on any atom is 0.339 e. The molecular formula is C20H16N2O3S2. The molecular weight excluding hydrogens is 380 g/mol. The lowest BCUT2D eigenvalue weighted by Gasteiger charge is -2.05. The number of aromatic nitrogens is 2. The molecule has 0 amide bonds. The summed E-state index contributed by atoms with van der Waals surface area (Å²) < 4.78 is 5.34. The fraction of sp³-hybridized carbons (Fsp3) is 0.150. The summed E-state index contributed by atoms with van der Waals surface area (Å²) in [5.41, 5.74) is 2.16. The van der Waals surface area contributed by atoms with E-state index in [0.717, 1.165) is 20.9 Å². The van der Waals surface area contributed by atoms with Gasteiger partial charge in [0.15, 0.2) is 0 Å². The smallest absolute Gasteiger partial charge is 0.339 e. The van der Waals surface area contributed by atoms with Crippen LogP contribution in [0, 0.1) is 13.8 Å². The summed E-state index contributed by atoms with van der Waals surface area (Å²) in [6.07, 6.45) is 0. The number of fused-ring (bicyclic) bond motifs is 1. The van der Waals surface area contributed by atoms with Crippen molar-refractivity contribution in [3.05, 3.63) is 73.3 Å². The van der Waals surface area contributed by atoms with E-state index in [-0.39, 0.29) is 12.2 Å². The molecule has 0 aliphatic rings. The number of nitrogens with one attached hydrogen (secondary N) is 1. The molecule has 0 aliphatic heterocycles. The lowest BCUT2D eigenvalue weighted by atomic mass is 10.1. The summed E-state index contributed by atoms with van der Waals surface area (Å²) >= 11 is 2.96. The number of carbonyl (C=O) groups excluding carboxylic acids is 1. The molecule has 0 aliphatic carbocycles. The quantitative estimate of drug-likeness (QED) is 0.508. The van der Waals surface area contributed by atoms with Crippen LogP contribution in [-0.4, -0.2) is 15.9 Å². The van der Waals surface area contributed by atoms with E-state index in [4.69, 9.17) is 4.74 Å². The van der Waals surface area contributed by atoms with Crippen LogP contribution in [0.4, 0.5) is 0 Å². The molecule has 0 saturated carbocycles.